The summed E-state index contributed by atoms with van der Waals surface area (Å²) in [5, 5.41) is 0. The van der Waals surface area contributed by atoms with Crippen LogP contribution in [0.2, 0.25) is 0 Å². The van der Waals surface area contributed by atoms with Crippen molar-refractivity contribution in [2.24, 2.45) is 11.8 Å². The van der Waals surface area contributed by atoms with E-state index in [9.17, 15) is 4.79 Å². The first-order valence-electron chi connectivity index (χ1n) is 10.7. The molecule has 1 amide bonds. The number of carbonyl (C=O) groups is 1. The summed E-state index contributed by atoms with van der Waals surface area (Å²) in [7, 11) is 0. The first kappa shape index (κ1) is 17.6. The van der Waals surface area contributed by atoms with Crippen LogP contribution in [0, 0.1) is 11.8 Å². The molecule has 0 N–H and O–H groups in total. The molecule has 5 rings (SSSR count). The number of nitrogens with zero attached hydrogens (tertiary/aromatic N) is 2. The van der Waals surface area contributed by atoms with Gasteiger partial charge in [0.1, 0.15) is 5.69 Å². The Labute approximate surface area is 166 Å². The quantitative estimate of drug-likeness (QED) is 0.619. The maximum Gasteiger partial charge on any atom is 0.270 e. The van der Waals surface area contributed by atoms with E-state index in [1.807, 2.05) is 17.0 Å². The number of hydrogen-bond acceptors (Lipinski definition) is 2. The van der Waals surface area contributed by atoms with Gasteiger partial charge in [-0.3, -0.25) is 4.79 Å². The molecule has 1 saturated carbocycles. The van der Waals surface area contributed by atoms with Crippen LogP contribution in [0.4, 0.5) is 0 Å². The number of hydrogen-bond donors (Lipinski definition) is 0. The fourth-order valence-electron chi connectivity index (χ4n) is 4.73. The van der Waals surface area contributed by atoms with E-state index >= 15 is 0 Å². The van der Waals surface area contributed by atoms with Crippen molar-refractivity contribution in [2.45, 2.75) is 45.1 Å². The van der Waals surface area contributed by atoms with Crippen molar-refractivity contribution >= 4 is 17.0 Å². The van der Waals surface area contributed by atoms with Gasteiger partial charge in [0.2, 0.25) is 0 Å². The lowest BCUT2D eigenvalue weighted by molar-refractivity contribution is 0.0677. The molecule has 2 aliphatic rings. The van der Waals surface area contributed by atoms with Crippen molar-refractivity contribution in [2.75, 3.05) is 13.1 Å². The van der Waals surface area contributed by atoms with E-state index in [4.69, 9.17) is 4.42 Å². The maximum absolute atomic E-state index is 13.3. The van der Waals surface area contributed by atoms with Crippen molar-refractivity contribution < 1.29 is 9.21 Å². The highest BCUT2D eigenvalue weighted by atomic mass is 16.3. The molecule has 1 saturated heterocycles. The molecule has 0 radical (unpaired) electrons. The fraction of sp³-hybridized carbons (Fsp3) is 0.458. The minimum absolute atomic E-state index is 0.170. The van der Waals surface area contributed by atoms with Gasteiger partial charge in [-0.05, 0) is 49.5 Å². The molecule has 1 aromatic carbocycles. The molecule has 146 valence electrons. The van der Waals surface area contributed by atoms with Gasteiger partial charge in [0.15, 0.2) is 5.58 Å². The van der Waals surface area contributed by atoms with Crippen LogP contribution >= 0.6 is 0 Å². The Bertz CT molecular complexity index is 944. The molecule has 0 bridgehead atoms. The number of fused-ring (bicyclic) bond motifs is 1. The van der Waals surface area contributed by atoms with E-state index in [-0.39, 0.29) is 5.91 Å². The normalized spacial score (nSPS) is 18.5. The fourth-order valence-corrected chi connectivity index (χ4v) is 4.73. The van der Waals surface area contributed by atoms with Crippen LogP contribution in [-0.4, -0.2) is 28.5 Å². The van der Waals surface area contributed by atoms with Gasteiger partial charge >= 0.3 is 0 Å². The smallest absolute Gasteiger partial charge is 0.270 e. The minimum Gasteiger partial charge on any atom is -0.463 e. The summed E-state index contributed by atoms with van der Waals surface area (Å²) in [4.78, 5) is 15.4. The number of amides is 1. The number of aromatic nitrogens is 1. The van der Waals surface area contributed by atoms with Crippen molar-refractivity contribution in [3.05, 3.63) is 60.0 Å². The third-order valence-corrected chi connectivity index (χ3v) is 6.68. The molecular weight excluding hydrogens is 348 g/mol. The largest absolute Gasteiger partial charge is 0.463 e. The number of piperidine rings is 1. The monoisotopic (exact) mass is 376 g/mol. The number of carbonyl (C=O) groups excluding carboxylic acids is 1. The van der Waals surface area contributed by atoms with E-state index < -0.39 is 0 Å². The molecule has 3 heterocycles. The molecule has 4 heteroatoms. The average molecular weight is 377 g/mol. The molecule has 1 aliphatic heterocycles. The minimum atomic E-state index is 0.170. The average Bonchev–Trinajstić information content (AvgIpc) is 3.27. The third-order valence-electron chi connectivity index (χ3n) is 6.68. The lowest BCUT2D eigenvalue weighted by Crippen LogP contribution is -2.40. The van der Waals surface area contributed by atoms with Crippen molar-refractivity contribution in [1.82, 2.24) is 9.47 Å². The SMILES string of the molecule is O=C(c1cc2occc2n1CC1CCC1)N1CCC(Cc2ccccc2)CC1. The zero-order chi connectivity index (χ0) is 18.9. The van der Waals surface area contributed by atoms with Crippen LogP contribution < -0.4 is 0 Å². The highest BCUT2D eigenvalue weighted by Crippen LogP contribution is 2.32. The summed E-state index contributed by atoms with van der Waals surface area (Å²) in [5.74, 6) is 1.54. The summed E-state index contributed by atoms with van der Waals surface area (Å²) in [6.45, 7) is 2.65. The number of furan rings is 1. The number of rotatable bonds is 5. The Morgan fingerprint density at radius 1 is 1.00 bits per heavy atom. The molecule has 3 aromatic rings. The maximum atomic E-state index is 13.3. The zero-order valence-electron chi connectivity index (χ0n) is 16.3. The van der Waals surface area contributed by atoms with Gasteiger partial charge in [-0.2, -0.15) is 0 Å². The third kappa shape index (κ3) is 3.36. The topological polar surface area (TPSA) is 38.4 Å². The van der Waals surface area contributed by atoms with E-state index in [0.29, 0.717) is 11.8 Å². The lowest BCUT2D eigenvalue weighted by atomic mass is 9.85. The Hall–Kier alpha value is -2.49. The lowest BCUT2D eigenvalue weighted by Gasteiger charge is -2.33. The van der Waals surface area contributed by atoms with Crippen molar-refractivity contribution in [1.29, 1.82) is 0 Å². The van der Waals surface area contributed by atoms with Gasteiger partial charge in [-0.1, -0.05) is 36.8 Å². The number of benzene rings is 1. The highest BCUT2D eigenvalue weighted by Gasteiger charge is 2.28. The van der Waals surface area contributed by atoms with Crippen LogP contribution in [0.3, 0.4) is 0 Å². The molecule has 0 spiro atoms. The first-order valence-corrected chi connectivity index (χ1v) is 10.7. The summed E-state index contributed by atoms with van der Waals surface area (Å²) in [6.07, 6.45) is 8.88. The molecule has 1 aliphatic carbocycles. The van der Waals surface area contributed by atoms with Crippen LogP contribution in [0.1, 0.15) is 48.2 Å². The Morgan fingerprint density at radius 3 is 2.50 bits per heavy atom. The zero-order valence-corrected chi connectivity index (χ0v) is 16.3. The summed E-state index contributed by atoms with van der Waals surface area (Å²) < 4.78 is 7.81. The van der Waals surface area contributed by atoms with E-state index in [0.717, 1.165) is 55.7 Å². The van der Waals surface area contributed by atoms with E-state index in [2.05, 4.69) is 34.9 Å². The molecule has 28 heavy (non-hydrogen) atoms. The van der Waals surface area contributed by atoms with E-state index in [1.165, 1.54) is 24.8 Å². The van der Waals surface area contributed by atoms with Crippen LogP contribution in [0.15, 0.2) is 53.1 Å². The Kier molecular flexibility index (Phi) is 4.71. The standard InChI is InChI=1S/C24H28N2O2/c27-24(25-12-9-19(10-13-25)15-18-5-2-1-3-6-18)22-16-23-21(11-14-28-23)26(22)17-20-7-4-8-20/h1-3,5-6,11,14,16,19-20H,4,7-10,12-13,15,17H2. The molecule has 2 aromatic heterocycles. The van der Waals surface area contributed by atoms with Gasteiger partial charge in [-0.25, -0.2) is 0 Å². The molecule has 0 atom stereocenters. The molecule has 4 nitrogen and oxygen atoms in total. The molecule has 2 fully saturated rings. The molecule has 0 unspecified atom stereocenters. The number of likely N-dealkylation sites (tertiary alicyclic amines) is 1. The second kappa shape index (κ2) is 7.50. The van der Waals surface area contributed by atoms with Gasteiger partial charge in [-0.15, -0.1) is 0 Å². The first-order chi connectivity index (χ1) is 13.8. The van der Waals surface area contributed by atoms with Gasteiger partial charge in [0, 0.05) is 31.8 Å². The van der Waals surface area contributed by atoms with Gasteiger partial charge in [0.25, 0.3) is 5.91 Å². The van der Waals surface area contributed by atoms with Crippen LogP contribution in [0.5, 0.6) is 0 Å². The predicted octanol–water partition coefficient (Wildman–Crippen LogP) is 5.13. The predicted molar refractivity (Wildman–Crippen MR) is 110 cm³/mol. The van der Waals surface area contributed by atoms with Gasteiger partial charge in [0.05, 0.1) is 11.8 Å². The highest BCUT2D eigenvalue weighted by molar-refractivity contribution is 5.97. The Balaban J connectivity index is 1.28. The van der Waals surface area contributed by atoms with Crippen molar-refractivity contribution in [3.63, 3.8) is 0 Å². The Morgan fingerprint density at radius 2 is 1.79 bits per heavy atom. The van der Waals surface area contributed by atoms with E-state index in [1.54, 1.807) is 6.26 Å². The van der Waals surface area contributed by atoms with Crippen LogP contribution in [0.25, 0.3) is 11.1 Å². The second-order valence-electron chi connectivity index (χ2n) is 8.53. The van der Waals surface area contributed by atoms with Crippen molar-refractivity contribution in [3.8, 4) is 0 Å². The second-order valence-corrected chi connectivity index (χ2v) is 8.53. The summed E-state index contributed by atoms with van der Waals surface area (Å²) in [5.41, 5.74) is 4.11. The summed E-state index contributed by atoms with van der Waals surface area (Å²) >= 11 is 0. The van der Waals surface area contributed by atoms with Crippen LogP contribution in [-0.2, 0) is 13.0 Å². The van der Waals surface area contributed by atoms with Gasteiger partial charge < -0.3 is 13.9 Å². The summed E-state index contributed by atoms with van der Waals surface area (Å²) in [6, 6.07) is 14.7. The molecular formula is C24H28N2O2.